The van der Waals surface area contributed by atoms with Crippen LogP contribution in [0.15, 0.2) is 24.8 Å². The molecule has 2 unspecified atom stereocenters. The molecule has 2 aliphatic rings. The summed E-state index contributed by atoms with van der Waals surface area (Å²) >= 11 is 0. The number of rotatable bonds is 1. The lowest BCUT2D eigenvalue weighted by Crippen LogP contribution is -2.24. The molecule has 1 aromatic rings. The highest BCUT2D eigenvalue weighted by Crippen LogP contribution is 2.45. The minimum absolute atomic E-state index is 0.440. The number of ether oxygens (including phenoxy) is 1. The first-order valence-electron chi connectivity index (χ1n) is 8.71. The van der Waals surface area contributed by atoms with Gasteiger partial charge in [0.25, 0.3) is 0 Å². The Kier molecular flexibility index (Phi) is 7.56. The average Bonchev–Trinajstić information content (AvgIpc) is 2.73. The van der Waals surface area contributed by atoms with Crippen molar-refractivity contribution in [2.24, 2.45) is 0 Å². The highest BCUT2D eigenvalue weighted by Gasteiger charge is 2.31. The van der Waals surface area contributed by atoms with Gasteiger partial charge in [-0.15, -0.1) is 0 Å². The number of para-hydroxylation sites is 1. The fourth-order valence-corrected chi connectivity index (χ4v) is 3.22. The van der Waals surface area contributed by atoms with Gasteiger partial charge in [-0.1, -0.05) is 58.9 Å². The largest absolute Gasteiger partial charge is 0.489 e. The van der Waals surface area contributed by atoms with Gasteiger partial charge in [0.15, 0.2) is 0 Å². The monoisotopic (exact) mass is 288 g/mol. The summed E-state index contributed by atoms with van der Waals surface area (Å²) in [5, 5.41) is 0. The third-order valence-electron chi connectivity index (χ3n) is 4.11. The van der Waals surface area contributed by atoms with E-state index in [0.717, 1.165) is 11.3 Å². The van der Waals surface area contributed by atoms with Gasteiger partial charge in [-0.25, -0.2) is 0 Å². The van der Waals surface area contributed by atoms with Crippen LogP contribution in [-0.2, 0) is 0 Å². The molecule has 1 heteroatoms. The predicted octanol–water partition coefficient (Wildman–Crippen LogP) is 6.58. The van der Waals surface area contributed by atoms with E-state index in [1.54, 1.807) is 0 Å². The van der Waals surface area contributed by atoms with Gasteiger partial charge in [-0.05, 0) is 49.7 Å². The standard InChI is InChI=1S/C16H20O.2C2H6/c1-11(2)14-8-5-9-15-12-6-3-4-7-13(10-12)17-16(14)15;2*1-2/h5,8-9,12-13H,1,3-4,6-7,10H2,2H3;2*1-2H3. The Morgan fingerprint density at radius 1 is 1.10 bits per heavy atom. The highest BCUT2D eigenvalue weighted by molar-refractivity contribution is 5.69. The lowest BCUT2D eigenvalue weighted by molar-refractivity contribution is 0.157. The van der Waals surface area contributed by atoms with Crippen molar-refractivity contribution in [3.63, 3.8) is 0 Å². The average molecular weight is 288 g/mol. The summed E-state index contributed by atoms with van der Waals surface area (Å²) in [6.45, 7) is 14.1. The molecule has 2 bridgehead atoms. The first-order valence-corrected chi connectivity index (χ1v) is 8.71. The molecule has 2 atom stereocenters. The number of allylic oxidation sites excluding steroid dienone is 1. The van der Waals surface area contributed by atoms with Crippen LogP contribution in [0.3, 0.4) is 0 Å². The van der Waals surface area contributed by atoms with Crippen LogP contribution in [-0.4, -0.2) is 6.10 Å². The Labute approximate surface area is 131 Å². The Bertz CT molecular complexity index is 447. The van der Waals surface area contributed by atoms with Gasteiger partial charge in [0.05, 0.1) is 6.10 Å². The van der Waals surface area contributed by atoms with Gasteiger partial charge >= 0.3 is 0 Å². The third kappa shape index (κ3) is 4.12. The lowest BCUT2D eigenvalue weighted by atomic mass is 9.86. The first-order chi connectivity index (χ1) is 10.3. The van der Waals surface area contributed by atoms with Gasteiger partial charge in [-0.2, -0.15) is 0 Å². The van der Waals surface area contributed by atoms with Crippen LogP contribution in [0.25, 0.3) is 5.57 Å². The van der Waals surface area contributed by atoms with E-state index in [0.29, 0.717) is 12.0 Å². The zero-order valence-corrected chi connectivity index (χ0v) is 14.5. The summed E-state index contributed by atoms with van der Waals surface area (Å²) < 4.78 is 6.21. The van der Waals surface area contributed by atoms with Crippen molar-refractivity contribution in [3.05, 3.63) is 35.9 Å². The Balaban J connectivity index is 0.000000510. The second kappa shape index (κ2) is 8.92. The summed E-state index contributed by atoms with van der Waals surface area (Å²) in [5.41, 5.74) is 3.74. The number of fused-ring (bicyclic) bond motifs is 4. The molecule has 0 saturated heterocycles. The molecule has 3 rings (SSSR count). The van der Waals surface area contributed by atoms with Crippen LogP contribution in [0.5, 0.6) is 5.75 Å². The second-order valence-corrected chi connectivity index (χ2v) is 5.46. The molecule has 0 N–H and O–H groups in total. The van der Waals surface area contributed by atoms with Gasteiger partial charge in [0.1, 0.15) is 5.75 Å². The molecule has 0 radical (unpaired) electrons. The van der Waals surface area contributed by atoms with Crippen LogP contribution < -0.4 is 4.74 Å². The first kappa shape index (κ1) is 17.8. The van der Waals surface area contributed by atoms with E-state index < -0.39 is 0 Å². The molecule has 1 nitrogen and oxygen atoms in total. The van der Waals surface area contributed by atoms with Crippen molar-refractivity contribution < 1.29 is 4.74 Å². The molecular weight excluding hydrogens is 256 g/mol. The number of hydrogen-bond acceptors (Lipinski definition) is 1. The Morgan fingerprint density at radius 3 is 2.43 bits per heavy atom. The number of benzene rings is 1. The van der Waals surface area contributed by atoms with Gasteiger partial charge in [0.2, 0.25) is 0 Å². The van der Waals surface area contributed by atoms with Crippen molar-refractivity contribution in [2.45, 2.75) is 78.7 Å². The maximum absolute atomic E-state index is 6.21. The topological polar surface area (TPSA) is 9.23 Å². The molecule has 118 valence electrons. The summed E-state index contributed by atoms with van der Waals surface area (Å²) in [5.74, 6) is 1.84. The minimum Gasteiger partial charge on any atom is -0.489 e. The quantitative estimate of drug-likeness (QED) is 0.567. The highest BCUT2D eigenvalue weighted by atomic mass is 16.5. The van der Waals surface area contributed by atoms with Crippen LogP contribution in [0.2, 0.25) is 0 Å². The fraction of sp³-hybridized carbons (Fsp3) is 0.600. The maximum Gasteiger partial charge on any atom is 0.130 e. The summed E-state index contributed by atoms with van der Waals surface area (Å²) in [7, 11) is 0. The molecule has 21 heavy (non-hydrogen) atoms. The van der Waals surface area contributed by atoms with Gasteiger partial charge in [-0.3, -0.25) is 0 Å². The molecule has 1 aliphatic heterocycles. The molecule has 1 saturated carbocycles. The third-order valence-corrected chi connectivity index (χ3v) is 4.11. The SMILES string of the molecule is C=C(C)c1cccc2c1OC1CCCCC2C1.CC.CC. The zero-order chi connectivity index (χ0) is 15.8. The van der Waals surface area contributed by atoms with E-state index in [4.69, 9.17) is 4.74 Å². The molecule has 1 heterocycles. The molecule has 1 aromatic carbocycles. The number of hydrogen-bond donors (Lipinski definition) is 0. The van der Waals surface area contributed by atoms with Crippen LogP contribution >= 0.6 is 0 Å². The molecule has 1 fully saturated rings. The second-order valence-electron chi connectivity index (χ2n) is 5.46. The molecule has 0 aromatic heterocycles. The molecule has 0 spiro atoms. The zero-order valence-electron chi connectivity index (χ0n) is 14.5. The van der Waals surface area contributed by atoms with E-state index >= 15 is 0 Å². The van der Waals surface area contributed by atoms with Crippen molar-refractivity contribution in [3.8, 4) is 5.75 Å². The van der Waals surface area contributed by atoms with Crippen molar-refractivity contribution in [2.75, 3.05) is 0 Å². The van der Waals surface area contributed by atoms with E-state index in [-0.39, 0.29) is 0 Å². The van der Waals surface area contributed by atoms with Crippen molar-refractivity contribution in [1.82, 2.24) is 0 Å². The van der Waals surface area contributed by atoms with Crippen molar-refractivity contribution >= 4 is 5.57 Å². The Hall–Kier alpha value is -1.24. The van der Waals surface area contributed by atoms with E-state index in [9.17, 15) is 0 Å². The summed E-state index contributed by atoms with van der Waals surface area (Å²) in [4.78, 5) is 0. The Morgan fingerprint density at radius 2 is 1.76 bits per heavy atom. The van der Waals surface area contributed by atoms with Crippen LogP contribution in [0.1, 0.15) is 83.8 Å². The van der Waals surface area contributed by atoms with Crippen LogP contribution in [0, 0.1) is 0 Å². The molecular formula is C20H32O. The van der Waals surface area contributed by atoms with E-state index in [2.05, 4.69) is 31.7 Å². The minimum atomic E-state index is 0.440. The lowest BCUT2D eigenvalue weighted by Gasteiger charge is -2.31. The molecule has 1 aliphatic carbocycles. The normalized spacial score (nSPS) is 22.1. The van der Waals surface area contributed by atoms with E-state index in [1.807, 2.05) is 27.7 Å². The predicted molar refractivity (Wildman–Crippen MR) is 94.1 cm³/mol. The van der Waals surface area contributed by atoms with Crippen LogP contribution in [0.4, 0.5) is 0 Å². The maximum atomic E-state index is 6.21. The van der Waals surface area contributed by atoms with Crippen molar-refractivity contribution in [1.29, 1.82) is 0 Å². The summed E-state index contributed by atoms with van der Waals surface area (Å²) in [6.07, 6.45) is 6.87. The smallest absolute Gasteiger partial charge is 0.130 e. The van der Waals surface area contributed by atoms with E-state index in [1.165, 1.54) is 43.2 Å². The van der Waals surface area contributed by atoms with Gasteiger partial charge < -0.3 is 4.74 Å². The van der Waals surface area contributed by atoms with Gasteiger partial charge in [0, 0.05) is 5.56 Å². The summed E-state index contributed by atoms with van der Waals surface area (Å²) in [6, 6.07) is 6.53. The molecule has 0 amide bonds. The fourth-order valence-electron chi connectivity index (χ4n) is 3.22.